The van der Waals surface area contributed by atoms with Crippen molar-refractivity contribution in [2.75, 3.05) is 32.2 Å². The van der Waals surface area contributed by atoms with Crippen molar-refractivity contribution in [3.8, 4) is 0 Å². The number of hydrogen-bond acceptors (Lipinski definition) is 11. The van der Waals surface area contributed by atoms with Gasteiger partial charge in [-0.2, -0.15) is 0 Å². The number of hydrogen-bond donors (Lipinski definition) is 3. The highest BCUT2D eigenvalue weighted by Crippen LogP contribution is 2.31. The van der Waals surface area contributed by atoms with Crippen LogP contribution in [0.15, 0.2) is 21.1 Å². The van der Waals surface area contributed by atoms with Gasteiger partial charge in [-0.25, -0.2) is 28.2 Å². The van der Waals surface area contributed by atoms with Crippen LogP contribution in [0.2, 0.25) is 0 Å². The Labute approximate surface area is 168 Å². The molecule has 0 unspecified atom stereocenters. The number of aliphatic carboxylic acids is 1. The lowest BCUT2D eigenvalue weighted by Gasteiger charge is -2.18. The van der Waals surface area contributed by atoms with Gasteiger partial charge in [-0.1, -0.05) is 5.16 Å². The molecule has 1 fully saturated rings. The first kappa shape index (κ1) is 20.7. The van der Waals surface area contributed by atoms with Gasteiger partial charge in [0.15, 0.2) is 26.4 Å². The molecule has 1 aromatic rings. The summed E-state index contributed by atoms with van der Waals surface area (Å²) in [7, 11) is -2.61. The molecule has 0 spiro atoms. The van der Waals surface area contributed by atoms with Crippen molar-refractivity contribution in [3.63, 3.8) is 0 Å². The summed E-state index contributed by atoms with van der Waals surface area (Å²) in [5.41, 5.74) is 4.83. The number of oxime groups is 1. The number of nitrogen functional groups attached to an aromatic ring is 1. The average molecular weight is 444 g/mol. The minimum Gasteiger partial charge on any atom is -0.476 e. The van der Waals surface area contributed by atoms with Crippen LogP contribution in [-0.4, -0.2) is 84.5 Å². The molecule has 3 heterocycles. The Kier molecular flexibility index (Phi) is 5.29. The molecule has 0 bridgehead atoms. The van der Waals surface area contributed by atoms with Crippen molar-refractivity contribution in [2.45, 2.75) is 6.04 Å². The Hall–Kier alpha value is -3.04. The molecular formula is C14H16N6O7S2. The number of carbonyl (C=O) groups is 3. The van der Waals surface area contributed by atoms with Crippen molar-refractivity contribution >= 4 is 49.8 Å². The fourth-order valence-corrected chi connectivity index (χ4v) is 4.39. The number of thiazole rings is 1. The van der Waals surface area contributed by atoms with Crippen molar-refractivity contribution in [1.82, 2.24) is 20.3 Å². The maximum Gasteiger partial charge on any atom is 0.355 e. The Morgan fingerprint density at radius 2 is 2.17 bits per heavy atom. The highest BCUT2D eigenvalue weighted by atomic mass is 32.2. The van der Waals surface area contributed by atoms with Gasteiger partial charge in [0.05, 0.1) is 11.4 Å². The number of carbonyl (C=O) groups excluding carboxylic acids is 2. The predicted octanol–water partition coefficient (Wildman–Crippen LogP) is -2.03. The molecule has 3 rings (SSSR count). The van der Waals surface area contributed by atoms with E-state index in [0.29, 0.717) is 0 Å². The van der Waals surface area contributed by atoms with E-state index in [9.17, 15) is 27.9 Å². The first-order valence-electron chi connectivity index (χ1n) is 7.93. The smallest absolute Gasteiger partial charge is 0.355 e. The Morgan fingerprint density at radius 1 is 1.48 bits per heavy atom. The number of hydrazine groups is 1. The molecule has 29 heavy (non-hydrogen) atoms. The molecule has 156 valence electrons. The molecule has 0 saturated carbocycles. The zero-order valence-electron chi connectivity index (χ0n) is 15.1. The number of rotatable bonds is 6. The summed E-state index contributed by atoms with van der Waals surface area (Å²) in [4.78, 5) is 45.1. The minimum atomic E-state index is -3.84. The number of fused-ring (bicyclic) bond motifs is 1. The molecule has 0 radical (unpaired) electrons. The lowest BCUT2D eigenvalue weighted by molar-refractivity contribution is -0.143. The Balaban J connectivity index is 1.84. The second kappa shape index (κ2) is 7.41. The van der Waals surface area contributed by atoms with E-state index in [1.807, 2.05) is 0 Å². The van der Waals surface area contributed by atoms with Crippen LogP contribution in [0.4, 0.5) is 5.13 Å². The maximum atomic E-state index is 12.7. The topological polar surface area (TPSA) is 185 Å². The van der Waals surface area contributed by atoms with Gasteiger partial charge in [0.2, 0.25) is 0 Å². The molecule has 2 aliphatic rings. The van der Waals surface area contributed by atoms with Gasteiger partial charge in [0, 0.05) is 18.2 Å². The van der Waals surface area contributed by atoms with Gasteiger partial charge in [0.25, 0.3) is 11.8 Å². The second-order valence-electron chi connectivity index (χ2n) is 6.07. The number of nitrogens with zero attached hydrogens (tertiary/aromatic N) is 4. The summed E-state index contributed by atoms with van der Waals surface area (Å²) in [5, 5.41) is 19.1. The van der Waals surface area contributed by atoms with Crippen molar-refractivity contribution in [1.29, 1.82) is 0 Å². The quantitative estimate of drug-likeness (QED) is 0.326. The number of amides is 2. The number of carboxylic acid groups (broad SMARTS) is 1. The third-order valence-electron chi connectivity index (χ3n) is 4.10. The zero-order chi connectivity index (χ0) is 21.5. The molecule has 0 aromatic carbocycles. The SMILES string of the molecule is CO/N=C(\C(=O)N[C@H]1CN2CC(S(C)(=O)=O)=C(C(=O)O)N2C1=O)c1csc(N)n1. The van der Waals surface area contributed by atoms with Gasteiger partial charge < -0.3 is 21.0 Å². The van der Waals surface area contributed by atoms with Crippen molar-refractivity contribution in [2.24, 2.45) is 5.16 Å². The number of aromatic nitrogens is 1. The number of carboxylic acids is 1. The largest absolute Gasteiger partial charge is 0.476 e. The third-order valence-corrected chi connectivity index (χ3v) is 5.99. The molecule has 2 amide bonds. The van der Waals surface area contributed by atoms with E-state index in [2.05, 4.69) is 20.3 Å². The number of anilines is 1. The number of nitrogens with two attached hydrogens (primary N) is 1. The third kappa shape index (κ3) is 3.79. The standard InChI is InChI=1S/C14H16N6O7S2/c1-27-18-9(7-5-28-14(15)17-7)11(21)16-6-3-19-4-8(29(2,25)26)10(13(23)24)20(19)12(6)22/h5-6H,3-4H2,1-2H3,(H2,15,17)(H,16,21)(H,23,24)/b18-9-/t6-/m0/s1. The van der Waals surface area contributed by atoms with Crippen LogP contribution in [0.1, 0.15) is 5.69 Å². The minimum absolute atomic E-state index is 0.125. The van der Waals surface area contributed by atoms with Crippen LogP contribution in [0.25, 0.3) is 0 Å². The van der Waals surface area contributed by atoms with Gasteiger partial charge in [0.1, 0.15) is 18.8 Å². The lowest BCUT2D eigenvalue weighted by Crippen LogP contribution is -2.46. The number of nitrogens with one attached hydrogen (secondary N) is 1. The molecule has 1 saturated heterocycles. The van der Waals surface area contributed by atoms with Gasteiger partial charge in [-0.05, 0) is 0 Å². The molecule has 0 aliphatic carbocycles. The van der Waals surface area contributed by atoms with Crippen LogP contribution >= 0.6 is 11.3 Å². The van der Waals surface area contributed by atoms with Crippen LogP contribution in [0, 0.1) is 0 Å². The highest BCUT2D eigenvalue weighted by molar-refractivity contribution is 7.94. The van der Waals surface area contributed by atoms with Crippen molar-refractivity contribution < 1.29 is 32.7 Å². The van der Waals surface area contributed by atoms with E-state index >= 15 is 0 Å². The van der Waals surface area contributed by atoms with Crippen LogP contribution in [-0.2, 0) is 29.1 Å². The van der Waals surface area contributed by atoms with E-state index in [0.717, 1.165) is 22.6 Å². The average Bonchev–Trinajstić information content (AvgIpc) is 3.28. The summed E-state index contributed by atoms with van der Waals surface area (Å²) in [6, 6.07) is -1.13. The van der Waals surface area contributed by atoms with E-state index in [1.165, 1.54) is 17.5 Å². The molecule has 15 heteroatoms. The monoisotopic (exact) mass is 444 g/mol. The zero-order valence-corrected chi connectivity index (χ0v) is 16.8. The summed E-state index contributed by atoms with van der Waals surface area (Å²) < 4.78 is 23.7. The van der Waals surface area contributed by atoms with E-state index in [-0.39, 0.29) is 34.5 Å². The summed E-state index contributed by atoms with van der Waals surface area (Å²) in [5.74, 6) is -3.14. The van der Waals surface area contributed by atoms with Crippen LogP contribution < -0.4 is 11.1 Å². The normalized spacial score (nSPS) is 20.2. The lowest BCUT2D eigenvalue weighted by atomic mass is 10.2. The summed E-state index contributed by atoms with van der Waals surface area (Å²) in [6.07, 6.45) is 0.866. The van der Waals surface area contributed by atoms with Gasteiger partial charge >= 0.3 is 5.97 Å². The van der Waals surface area contributed by atoms with Crippen LogP contribution in [0.5, 0.6) is 0 Å². The van der Waals surface area contributed by atoms with E-state index in [1.54, 1.807) is 0 Å². The predicted molar refractivity (Wildman–Crippen MR) is 99.9 cm³/mol. The highest BCUT2D eigenvalue weighted by Gasteiger charge is 2.50. The molecule has 4 N–H and O–H groups in total. The van der Waals surface area contributed by atoms with Gasteiger partial charge in [-0.15, -0.1) is 11.3 Å². The van der Waals surface area contributed by atoms with E-state index in [4.69, 9.17) is 5.73 Å². The molecule has 2 aliphatic heterocycles. The first-order valence-corrected chi connectivity index (χ1v) is 10.7. The second-order valence-corrected chi connectivity index (χ2v) is 8.99. The summed E-state index contributed by atoms with van der Waals surface area (Å²) in [6.45, 7) is -0.417. The maximum absolute atomic E-state index is 12.7. The Morgan fingerprint density at radius 3 is 2.69 bits per heavy atom. The van der Waals surface area contributed by atoms with Gasteiger partial charge in [-0.3, -0.25) is 9.59 Å². The molecular weight excluding hydrogens is 428 g/mol. The first-order chi connectivity index (χ1) is 13.5. The van der Waals surface area contributed by atoms with E-state index < -0.39 is 39.4 Å². The van der Waals surface area contributed by atoms with Crippen LogP contribution in [0.3, 0.4) is 0 Å². The number of sulfone groups is 1. The molecule has 1 aromatic heterocycles. The molecule has 1 atom stereocenters. The molecule has 13 nitrogen and oxygen atoms in total. The summed E-state index contributed by atoms with van der Waals surface area (Å²) >= 11 is 1.08. The Bertz CT molecular complexity index is 1060. The fraction of sp³-hybridized carbons (Fsp3) is 0.357. The van der Waals surface area contributed by atoms with Crippen molar-refractivity contribution in [3.05, 3.63) is 21.7 Å². The fourth-order valence-electron chi connectivity index (χ4n) is 2.93.